The van der Waals surface area contributed by atoms with Gasteiger partial charge in [-0.15, -0.1) is 0 Å². The van der Waals surface area contributed by atoms with Crippen molar-refractivity contribution in [2.24, 2.45) is 0 Å². The largest absolute Gasteiger partial charge is 0.489 e. The van der Waals surface area contributed by atoms with Crippen molar-refractivity contribution in [2.45, 2.75) is 39.2 Å². The lowest BCUT2D eigenvalue weighted by Gasteiger charge is -2.27. The van der Waals surface area contributed by atoms with Gasteiger partial charge in [-0.25, -0.2) is 0 Å². The molecule has 1 aromatic rings. The van der Waals surface area contributed by atoms with E-state index < -0.39 is 0 Å². The van der Waals surface area contributed by atoms with Crippen LogP contribution >= 0.6 is 0 Å². The average molecular weight is 205 g/mol. The lowest BCUT2D eigenvalue weighted by Crippen LogP contribution is -2.28. The number of ether oxygens (including phenoxy) is 1. The van der Waals surface area contributed by atoms with Crippen LogP contribution in [0, 0.1) is 0 Å². The SMILES string of the molecule is C[C@H]1COc2ccc(C(C)(C)C)cc2N1. The van der Waals surface area contributed by atoms with Crippen LogP contribution in [0.4, 0.5) is 5.69 Å². The van der Waals surface area contributed by atoms with Gasteiger partial charge in [-0.2, -0.15) is 0 Å². The van der Waals surface area contributed by atoms with Gasteiger partial charge in [0.2, 0.25) is 0 Å². The third-order valence-corrected chi connectivity index (χ3v) is 2.74. The normalized spacial score (nSPS) is 20.1. The number of hydrogen-bond donors (Lipinski definition) is 1. The summed E-state index contributed by atoms with van der Waals surface area (Å²) in [6, 6.07) is 6.81. The maximum atomic E-state index is 5.64. The summed E-state index contributed by atoms with van der Waals surface area (Å²) in [6.45, 7) is 9.56. The van der Waals surface area contributed by atoms with Crippen LogP contribution in [-0.2, 0) is 5.41 Å². The van der Waals surface area contributed by atoms with E-state index >= 15 is 0 Å². The molecule has 1 heterocycles. The lowest BCUT2D eigenvalue weighted by atomic mass is 9.86. The van der Waals surface area contributed by atoms with E-state index in [9.17, 15) is 0 Å². The second kappa shape index (κ2) is 3.44. The molecule has 1 aliphatic heterocycles. The molecule has 2 heteroatoms. The molecule has 15 heavy (non-hydrogen) atoms. The molecule has 0 fully saturated rings. The first-order chi connectivity index (χ1) is 6.97. The number of hydrogen-bond acceptors (Lipinski definition) is 2. The van der Waals surface area contributed by atoms with Crippen LogP contribution in [0.3, 0.4) is 0 Å². The van der Waals surface area contributed by atoms with Crippen molar-refractivity contribution < 1.29 is 4.74 Å². The predicted octanol–water partition coefficient (Wildman–Crippen LogP) is 3.18. The molecule has 0 amide bonds. The average Bonchev–Trinajstić information content (AvgIpc) is 2.15. The van der Waals surface area contributed by atoms with Gasteiger partial charge in [0.05, 0.1) is 11.7 Å². The first kappa shape index (κ1) is 10.3. The predicted molar refractivity (Wildman–Crippen MR) is 63.7 cm³/mol. The van der Waals surface area contributed by atoms with Crippen molar-refractivity contribution in [1.82, 2.24) is 0 Å². The zero-order chi connectivity index (χ0) is 11.1. The maximum Gasteiger partial charge on any atom is 0.142 e. The van der Waals surface area contributed by atoms with E-state index in [4.69, 9.17) is 4.74 Å². The van der Waals surface area contributed by atoms with Crippen LogP contribution in [0.25, 0.3) is 0 Å². The Hall–Kier alpha value is -1.18. The molecule has 0 aromatic heterocycles. The number of fused-ring (bicyclic) bond motifs is 1. The van der Waals surface area contributed by atoms with Gasteiger partial charge >= 0.3 is 0 Å². The molecule has 0 bridgehead atoms. The summed E-state index contributed by atoms with van der Waals surface area (Å²) >= 11 is 0. The number of anilines is 1. The topological polar surface area (TPSA) is 21.3 Å². The van der Waals surface area contributed by atoms with Crippen molar-refractivity contribution >= 4 is 5.69 Å². The fourth-order valence-corrected chi connectivity index (χ4v) is 1.76. The van der Waals surface area contributed by atoms with Gasteiger partial charge in [0.15, 0.2) is 0 Å². The highest BCUT2D eigenvalue weighted by molar-refractivity contribution is 5.60. The quantitative estimate of drug-likeness (QED) is 0.702. The van der Waals surface area contributed by atoms with E-state index in [0.717, 1.165) is 18.0 Å². The Morgan fingerprint density at radius 2 is 2.07 bits per heavy atom. The van der Waals surface area contributed by atoms with E-state index in [-0.39, 0.29) is 5.41 Å². The molecule has 0 saturated heterocycles. The van der Waals surface area contributed by atoms with Gasteiger partial charge in [-0.05, 0) is 30.0 Å². The molecule has 0 saturated carbocycles. The van der Waals surface area contributed by atoms with Crippen LogP contribution in [0.5, 0.6) is 5.75 Å². The van der Waals surface area contributed by atoms with Gasteiger partial charge in [0.1, 0.15) is 12.4 Å². The Morgan fingerprint density at radius 1 is 1.33 bits per heavy atom. The monoisotopic (exact) mass is 205 g/mol. The van der Waals surface area contributed by atoms with Crippen LogP contribution in [0.15, 0.2) is 18.2 Å². The Morgan fingerprint density at radius 3 is 2.73 bits per heavy atom. The summed E-state index contributed by atoms with van der Waals surface area (Å²) in [5.41, 5.74) is 2.66. The highest BCUT2D eigenvalue weighted by Crippen LogP contribution is 2.33. The minimum atomic E-state index is 0.192. The fourth-order valence-electron chi connectivity index (χ4n) is 1.76. The molecule has 0 radical (unpaired) electrons. The van der Waals surface area contributed by atoms with Crippen LogP contribution in [0.1, 0.15) is 33.3 Å². The molecule has 0 unspecified atom stereocenters. The first-order valence-electron chi connectivity index (χ1n) is 5.51. The molecular weight excluding hydrogens is 186 g/mol. The molecular formula is C13H19NO. The second-order valence-corrected chi connectivity index (χ2v) is 5.32. The third kappa shape index (κ3) is 2.09. The standard InChI is InChI=1S/C13H19NO/c1-9-8-15-12-6-5-10(13(2,3)4)7-11(12)14-9/h5-7,9,14H,8H2,1-4H3/t9-/m0/s1. The van der Waals surface area contributed by atoms with E-state index in [1.54, 1.807) is 0 Å². The Bertz CT molecular complexity index is 365. The van der Waals surface area contributed by atoms with Gasteiger partial charge in [0.25, 0.3) is 0 Å². The van der Waals surface area contributed by atoms with Crippen LogP contribution < -0.4 is 10.1 Å². The van der Waals surface area contributed by atoms with Crippen molar-refractivity contribution in [3.8, 4) is 5.75 Å². The fraction of sp³-hybridized carbons (Fsp3) is 0.538. The summed E-state index contributed by atoms with van der Waals surface area (Å²) in [4.78, 5) is 0. The van der Waals surface area contributed by atoms with Gasteiger partial charge < -0.3 is 10.1 Å². The zero-order valence-electron chi connectivity index (χ0n) is 9.92. The maximum absolute atomic E-state index is 5.64. The molecule has 0 aliphatic carbocycles. The molecule has 2 rings (SSSR count). The van der Waals surface area contributed by atoms with Crippen molar-refractivity contribution in [1.29, 1.82) is 0 Å². The van der Waals surface area contributed by atoms with Crippen molar-refractivity contribution in [3.05, 3.63) is 23.8 Å². The zero-order valence-corrected chi connectivity index (χ0v) is 9.92. The third-order valence-electron chi connectivity index (χ3n) is 2.74. The molecule has 0 spiro atoms. The Kier molecular flexibility index (Phi) is 2.37. The van der Waals surface area contributed by atoms with Crippen LogP contribution in [-0.4, -0.2) is 12.6 Å². The second-order valence-electron chi connectivity index (χ2n) is 5.32. The summed E-state index contributed by atoms with van der Waals surface area (Å²) in [7, 11) is 0. The number of benzene rings is 1. The highest BCUT2D eigenvalue weighted by Gasteiger charge is 2.19. The smallest absolute Gasteiger partial charge is 0.142 e. The summed E-state index contributed by atoms with van der Waals surface area (Å²) in [6.07, 6.45) is 0. The summed E-state index contributed by atoms with van der Waals surface area (Å²) in [5, 5.41) is 3.45. The van der Waals surface area contributed by atoms with Gasteiger partial charge in [-0.1, -0.05) is 26.8 Å². The minimum absolute atomic E-state index is 0.192. The van der Waals surface area contributed by atoms with Crippen molar-refractivity contribution in [3.63, 3.8) is 0 Å². The summed E-state index contributed by atoms with van der Waals surface area (Å²) < 4.78 is 5.64. The molecule has 1 aromatic carbocycles. The molecule has 1 N–H and O–H groups in total. The molecule has 82 valence electrons. The number of rotatable bonds is 0. The van der Waals surface area contributed by atoms with E-state index in [1.807, 2.05) is 0 Å². The first-order valence-corrected chi connectivity index (χ1v) is 5.51. The van der Waals surface area contributed by atoms with Gasteiger partial charge in [-0.3, -0.25) is 0 Å². The van der Waals surface area contributed by atoms with Crippen molar-refractivity contribution in [2.75, 3.05) is 11.9 Å². The highest BCUT2D eigenvalue weighted by atomic mass is 16.5. The Balaban J connectivity index is 2.37. The van der Waals surface area contributed by atoms with E-state index in [2.05, 4.69) is 51.2 Å². The minimum Gasteiger partial charge on any atom is -0.489 e. The lowest BCUT2D eigenvalue weighted by molar-refractivity contribution is 0.291. The molecule has 1 aliphatic rings. The number of nitrogens with one attached hydrogen (secondary N) is 1. The van der Waals surface area contributed by atoms with Gasteiger partial charge in [0, 0.05) is 0 Å². The molecule has 1 atom stereocenters. The summed E-state index contributed by atoms with van der Waals surface area (Å²) in [5.74, 6) is 0.973. The van der Waals surface area contributed by atoms with E-state index in [1.165, 1.54) is 5.56 Å². The Labute approximate surface area is 91.6 Å². The van der Waals surface area contributed by atoms with E-state index in [0.29, 0.717) is 6.04 Å². The van der Waals surface area contributed by atoms with Crippen LogP contribution in [0.2, 0.25) is 0 Å². The molecule has 2 nitrogen and oxygen atoms in total.